The van der Waals surface area contributed by atoms with Crippen LogP contribution in [0.4, 0.5) is 0 Å². The number of methoxy groups -OCH3 is 3. The Morgan fingerprint density at radius 3 is 2.81 bits per heavy atom. The standard InChI is InChI=1S/C28H38N2O6/c1-32-17-7-8-18-19-9-10-30-15-16-12-23(36-24-6-4-5-11-35-24)27(33-2)25(28(31)34-3)20(16)14-22(30)26(19)29-21(18)13-17/h7-8,13,16,20,22-25,27,29H,4-6,9-12,14-15H2,1-3H3/t16-,20+,22-,23-,24?,25+,27+/m1/s1. The Bertz CT molecular complexity index is 1100. The number of rotatable bonds is 5. The van der Waals surface area contributed by atoms with Crippen molar-refractivity contribution < 1.29 is 28.5 Å². The van der Waals surface area contributed by atoms with Gasteiger partial charge in [-0.25, -0.2) is 0 Å². The van der Waals surface area contributed by atoms with E-state index in [-0.39, 0.29) is 42.3 Å². The van der Waals surface area contributed by atoms with Crippen molar-refractivity contribution in [2.45, 2.75) is 63.1 Å². The minimum absolute atomic E-state index is 0.169. The smallest absolute Gasteiger partial charge is 0.311 e. The highest BCUT2D eigenvalue weighted by Gasteiger charge is 2.54. The molecule has 1 N–H and O–H groups in total. The van der Waals surface area contributed by atoms with Gasteiger partial charge in [-0.05, 0) is 68.1 Å². The second kappa shape index (κ2) is 9.97. The van der Waals surface area contributed by atoms with E-state index in [1.165, 1.54) is 23.8 Å². The summed E-state index contributed by atoms with van der Waals surface area (Å²) in [5.74, 6) is 0.819. The van der Waals surface area contributed by atoms with Gasteiger partial charge in [-0.15, -0.1) is 0 Å². The normalized spacial score (nSPS) is 34.5. The minimum Gasteiger partial charge on any atom is -0.497 e. The van der Waals surface area contributed by atoms with Crippen molar-refractivity contribution in [1.29, 1.82) is 0 Å². The predicted molar refractivity (Wildman–Crippen MR) is 134 cm³/mol. The Labute approximate surface area is 212 Å². The molecule has 8 heteroatoms. The number of ether oxygens (including phenoxy) is 5. The number of aromatic nitrogens is 1. The summed E-state index contributed by atoms with van der Waals surface area (Å²) in [7, 11) is 4.88. The highest BCUT2D eigenvalue weighted by molar-refractivity contribution is 5.86. The highest BCUT2D eigenvalue weighted by atomic mass is 16.7. The fraction of sp³-hybridized carbons (Fsp3) is 0.679. The van der Waals surface area contributed by atoms with E-state index in [2.05, 4.69) is 22.0 Å². The molecule has 2 saturated heterocycles. The van der Waals surface area contributed by atoms with Gasteiger partial charge in [-0.2, -0.15) is 0 Å². The molecule has 36 heavy (non-hydrogen) atoms. The molecule has 2 aromatic rings. The summed E-state index contributed by atoms with van der Waals surface area (Å²) >= 11 is 0. The molecule has 1 aromatic carbocycles. The van der Waals surface area contributed by atoms with Crippen molar-refractivity contribution in [3.8, 4) is 5.75 Å². The Balaban J connectivity index is 1.30. The number of hydrogen-bond donors (Lipinski definition) is 1. The summed E-state index contributed by atoms with van der Waals surface area (Å²) in [6.07, 6.45) is 5.13. The van der Waals surface area contributed by atoms with E-state index in [1.54, 1.807) is 14.2 Å². The van der Waals surface area contributed by atoms with E-state index in [9.17, 15) is 4.79 Å². The lowest BCUT2D eigenvalue weighted by Gasteiger charge is -2.53. The number of aromatic amines is 1. The van der Waals surface area contributed by atoms with Gasteiger partial charge in [-0.3, -0.25) is 9.69 Å². The molecular weight excluding hydrogens is 460 g/mol. The summed E-state index contributed by atoms with van der Waals surface area (Å²) in [4.78, 5) is 19.5. The van der Waals surface area contributed by atoms with E-state index >= 15 is 0 Å². The van der Waals surface area contributed by atoms with Gasteiger partial charge in [0.15, 0.2) is 6.29 Å². The van der Waals surface area contributed by atoms with Crippen LogP contribution >= 0.6 is 0 Å². The monoisotopic (exact) mass is 498 g/mol. The maximum absolute atomic E-state index is 13.2. The fourth-order valence-corrected chi connectivity index (χ4v) is 7.39. The Morgan fingerprint density at radius 1 is 1.17 bits per heavy atom. The maximum atomic E-state index is 13.2. The van der Waals surface area contributed by atoms with Crippen LogP contribution in [0.3, 0.4) is 0 Å². The molecule has 0 bridgehead atoms. The fourth-order valence-electron chi connectivity index (χ4n) is 7.39. The zero-order chi connectivity index (χ0) is 24.8. The number of piperidine rings is 1. The van der Waals surface area contributed by atoms with Crippen molar-refractivity contribution >= 4 is 16.9 Å². The SMILES string of the molecule is COC(=O)[C@H]1[C@H]2C[C@@H]3c4[nH]c5cc(OC)ccc5c4CCN3C[C@H]2C[C@@H](OC2CCCCO2)[C@@H]1OC. The maximum Gasteiger partial charge on any atom is 0.311 e. The molecule has 0 radical (unpaired) electrons. The van der Waals surface area contributed by atoms with Crippen LogP contribution in [0.2, 0.25) is 0 Å². The third-order valence-electron chi connectivity index (χ3n) is 9.07. The van der Waals surface area contributed by atoms with Gasteiger partial charge < -0.3 is 28.7 Å². The molecule has 8 nitrogen and oxygen atoms in total. The van der Waals surface area contributed by atoms with Gasteiger partial charge in [0.1, 0.15) is 5.75 Å². The van der Waals surface area contributed by atoms with Crippen molar-refractivity contribution in [1.82, 2.24) is 9.88 Å². The molecule has 0 amide bonds. The Morgan fingerprint density at radius 2 is 2.06 bits per heavy atom. The summed E-state index contributed by atoms with van der Waals surface area (Å²) in [5.41, 5.74) is 3.80. The number of H-pyrrole nitrogens is 1. The molecule has 1 saturated carbocycles. The van der Waals surface area contributed by atoms with E-state index in [4.69, 9.17) is 23.7 Å². The van der Waals surface area contributed by atoms with Crippen LogP contribution in [0.5, 0.6) is 5.75 Å². The Hall–Kier alpha value is -2.13. The number of benzene rings is 1. The quantitative estimate of drug-likeness (QED) is 0.628. The molecule has 4 aliphatic rings. The van der Waals surface area contributed by atoms with Crippen LogP contribution in [0.1, 0.15) is 49.4 Å². The van der Waals surface area contributed by atoms with Gasteiger partial charge in [0, 0.05) is 49.5 Å². The lowest BCUT2D eigenvalue weighted by atomic mass is 9.63. The molecule has 3 fully saturated rings. The number of nitrogens with one attached hydrogen (secondary N) is 1. The molecule has 1 aromatic heterocycles. The largest absolute Gasteiger partial charge is 0.497 e. The van der Waals surface area contributed by atoms with Gasteiger partial charge in [0.25, 0.3) is 0 Å². The molecule has 7 atom stereocenters. The zero-order valence-corrected chi connectivity index (χ0v) is 21.5. The van der Waals surface area contributed by atoms with Gasteiger partial charge >= 0.3 is 5.97 Å². The van der Waals surface area contributed by atoms with Gasteiger partial charge in [0.05, 0.1) is 38.4 Å². The van der Waals surface area contributed by atoms with E-state index in [0.29, 0.717) is 5.92 Å². The van der Waals surface area contributed by atoms with Crippen molar-refractivity contribution in [2.75, 3.05) is 41.0 Å². The third kappa shape index (κ3) is 4.12. The second-order valence-electron chi connectivity index (χ2n) is 10.8. The predicted octanol–water partition coefficient (Wildman–Crippen LogP) is 3.83. The molecule has 4 heterocycles. The summed E-state index contributed by atoms with van der Waals surface area (Å²) in [6.45, 7) is 2.70. The first-order valence-corrected chi connectivity index (χ1v) is 13.4. The lowest BCUT2D eigenvalue weighted by molar-refractivity contribution is -0.239. The van der Waals surface area contributed by atoms with Gasteiger partial charge in [0.2, 0.25) is 0 Å². The number of carbonyl (C=O) groups is 1. The zero-order valence-electron chi connectivity index (χ0n) is 21.5. The highest BCUT2D eigenvalue weighted by Crippen LogP contribution is 2.50. The molecule has 0 spiro atoms. The van der Waals surface area contributed by atoms with E-state index < -0.39 is 0 Å². The Kier molecular flexibility index (Phi) is 6.71. The molecule has 1 aliphatic carbocycles. The van der Waals surface area contributed by atoms with Crippen molar-refractivity contribution in [2.24, 2.45) is 17.8 Å². The van der Waals surface area contributed by atoms with Crippen LogP contribution in [0.15, 0.2) is 18.2 Å². The number of esters is 1. The summed E-state index contributed by atoms with van der Waals surface area (Å²) in [6, 6.07) is 6.53. The van der Waals surface area contributed by atoms with Crippen LogP contribution in [-0.4, -0.2) is 75.4 Å². The van der Waals surface area contributed by atoms with Crippen molar-refractivity contribution in [3.05, 3.63) is 29.5 Å². The first-order valence-electron chi connectivity index (χ1n) is 13.4. The molecule has 3 aliphatic heterocycles. The summed E-state index contributed by atoms with van der Waals surface area (Å²) in [5, 5.41) is 1.27. The number of carbonyl (C=O) groups excluding carboxylic acids is 1. The minimum atomic E-state index is -0.357. The average Bonchev–Trinajstić information content (AvgIpc) is 3.29. The van der Waals surface area contributed by atoms with Gasteiger partial charge in [-0.1, -0.05) is 0 Å². The van der Waals surface area contributed by atoms with Crippen LogP contribution in [0.25, 0.3) is 10.9 Å². The van der Waals surface area contributed by atoms with Crippen LogP contribution in [-0.2, 0) is 30.2 Å². The molecule has 6 rings (SSSR count). The van der Waals surface area contributed by atoms with E-state index in [0.717, 1.165) is 69.5 Å². The summed E-state index contributed by atoms with van der Waals surface area (Å²) < 4.78 is 29.2. The molecular formula is C28H38N2O6. The molecule has 1 unspecified atom stereocenters. The second-order valence-corrected chi connectivity index (χ2v) is 10.8. The third-order valence-corrected chi connectivity index (χ3v) is 9.07. The first-order chi connectivity index (χ1) is 17.6. The van der Waals surface area contributed by atoms with Crippen molar-refractivity contribution in [3.63, 3.8) is 0 Å². The topological polar surface area (TPSA) is 82.3 Å². The number of nitrogens with zero attached hydrogens (tertiary/aromatic N) is 1. The number of fused-ring (bicyclic) bond motifs is 6. The molecule has 196 valence electrons. The van der Waals surface area contributed by atoms with E-state index in [1.807, 2.05) is 6.07 Å². The first kappa shape index (κ1) is 24.2. The lowest BCUT2D eigenvalue weighted by Crippen LogP contribution is -2.58. The van der Waals surface area contributed by atoms with Crippen LogP contribution < -0.4 is 4.74 Å². The number of hydrogen-bond acceptors (Lipinski definition) is 7. The van der Waals surface area contributed by atoms with Crippen LogP contribution in [0, 0.1) is 17.8 Å². The average molecular weight is 499 g/mol.